The summed E-state index contributed by atoms with van der Waals surface area (Å²) in [5.74, 6) is -0.125. The molecular formula is C16H23F3O2. The second-order valence-corrected chi connectivity index (χ2v) is 5.11. The number of rotatable bonds is 9. The molecule has 0 aromatic heterocycles. The maximum absolute atomic E-state index is 12.3. The van der Waals surface area contributed by atoms with Gasteiger partial charge in [0.05, 0.1) is 6.61 Å². The van der Waals surface area contributed by atoms with Crippen LogP contribution in [0.2, 0.25) is 0 Å². The van der Waals surface area contributed by atoms with E-state index in [-0.39, 0.29) is 11.5 Å². The Morgan fingerprint density at radius 1 is 0.952 bits per heavy atom. The second-order valence-electron chi connectivity index (χ2n) is 5.11. The summed E-state index contributed by atoms with van der Waals surface area (Å²) < 4.78 is 46.4. The molecule has 21 heavy (non-hydrogen) atoms. The normalized spacial score (nSPS) is 11.5. The standard InChI is InChI=1S/C16H23F3O2/c1-3-4-5-6-7-8-11-20-14-10-9-13(2)12-15(14)21-16(17,18)19/h9-10,12H,3-8,11H2,1-2H3. The monoisotopic (exact) mass is 304 g/mol. The Morgan fingerprint density at radius 3 is 2.29 bits per heavy atom. The SMILES string of the molecule is CCCCCCCCOc1ccc(C)cc1OC(F)(F)F. The van der Waals surface area contributed by atoms with Gasteiger partial charge >= 0.3 is 6.36 Å². The van der Waals surface area contributed by atoms with Crippen molar-refractivity contribution in [3.8, 4) is 11.5 Å². The van der Waals surface area contributed by atoms with Crippen LogP contribution in [0.3, 0.4) is 0 Å². The van der Waals surface area contributed by atoms with Gasteiger partial charge in [0.15, 0.2) is 11.5 Å². The van der Waals surface area contributed by atoms with Crippen LogP contribution in [-0.4, -0.2) is 13.0 Å². The molecule has 0 aliphatic rings. The van der Waals surface area contributed by atoms with Crippen LogP contribution in [0.5, 0.6) is 11.5 Å². The van der Waals surface area contributed by atoms with Crippen LogP contribution >= 0.6 is 0 Å². The van der Waals surface area contributed by atoms with Crippen LogP contribution in [0.15, 0.2) is 18.2 Å². The zero-order valence-corrected chi connectivity index (χ0v) is 12.6. The summed E-state index contributed by atoms with van der Waals surface area (Å²) in [7, 11) is 0. The van der Waals surface area contributed by atoms with Gasteiger partial charge in [-0.1, -0.05) is 45.1 Å². The van der Waals surface area contributed by atoms with Crippen LogP contribution in [0.25, 0.3) is 0 Å². The van der Waals surface area contributed by atoms with Crippen LogP contribution in [0.4, 0.5) is 13.2 Å². The summed E-state index contributed by atoms with van der Waals surface area (Å²) in [5.41, 5.74) is 0.696. The first kappa shape index (κ1) is 17.7. The van der Waals surface area contributed by atoms with Gasteiger partial charge in [-0.2, -0.15) is 0 Å². The van der Waals surface area contributed by atoms with Crippen molar-refractivity contribution in [2.24, 2.45) is 0 Å². The molecule has 0 atom stereocenters. The van der Waals surface area contributed by atoms with Gasteiger partial charge in [-0.05, 0) is 31.0 Å². The molecule has 120 valence electrons. The molecule has 0 spiro atoms. The van der Waals surface area contributed by atoms with Gasteiger partial charge in [0.2, 0.25) is 0 Å². The number of aryl methyl sites for hydroxylation is 1. The first-order valence-electron chi connectivity index (χ1n) is 7.41. The predicted molar refractivity (Wildman–Crippen MR) is 76.7 cm³/mol. The highest BCUT2D eigenvalue weighted by atomic mass is 19.4. The average molecular weight is 304 g/mol. The molecule has 1 rings (SSSR count). The van der Waals surface area contributed by atoms with E-state index in [1.165, 1.54) is 31.4 Å². The Labute approximate surface area is 124 Å². The van der Waals surface area contributed by atoms with Crippen LogP contribution < -0.4 is 9.47 Å². The van der Waals surface area contributed by atoms with Gasteiger partial charge in [0.1, 0.15) is 0 Å². The molecule has 0 unspecified atom stereocenters. The third kappa shape index (κ3) is 7.83. The van der Waals surface area contributed by atoms with Crippen LogP contribution in [-0.2, 0) is 0 Å². The van der Waals surface area contributed by atoms with E-state index in [1.807, 2.05) is 0 Å². The second kappa shape index (κ2) is 8.80. The van der Waals surface area contributed by atoms with Crippen LogP contribution in [0.1, 0.15) is 51.0 Å². The van der Waals surface area contributed by atoms with Crippen molar-refractivity contribution in [2.45, 2.75) is 58.7 Å². The summed E-state index contributed by atoms with van der Waals surface area (Å²) in [4.78, 5) is 0. The van der Waals surface area contributed by atoms with Gasteiger partial charge in [-0.25, -0.2) is 0 Å². The average Bonchev–Trinajstić information content (AvgIpc) is 2.38. The van der Waals surface area contributed by atoms with Gasteiger partial charge in [-0.15, -0.1) is 13.2 Å². The molecule has 0 saturated heterocycles. The van der Waals surface area contributed by atoms with Gasteiger partial charge in [-0.3, -0.25) is 0 Å². The summed E-state index contributed by atoms with van der Waals surface area (Å²) >= 11 is 0. The maximum Gasteiger partial charge on any atom is 0.573 e. The molecule has 0 radical (unpaired) electrons. The number of alkyl halides is 3. The molecular weight excluding hydrogens is 281 g/mol. The van der Waals surface area contributed by atoms with E-state index in [9.17, 15) is 13.2 Å². The Bertz CT molecular complexity index is 416. The van der Waals surface area contributed by atoms with Crippen molar-refractivity contribution in [3.63, 3.8) is 0 Å². The first-order valence-corrected chi connectivity index (χ1v) is 7.41. The highest BCUT2D eigenvalue weighted by Crippen LogP contribution is 2.33. The molecule has 1 aromatic carbocycles. The van der Waals surface area contributed by atoms with Crippen molar-refractivity contribution in [3.05, 3.63) is 23.8 Å². The molecule has 0 N–H and O–H groups in total. The molecule has 0 aliphatic heterocycles. The summed E-state index contributed by atoms with van der Waals surface area (Å²) in [6.07, 6.45) is 1.91. The minimum Gasteiger partial charge on any atom is -0.490 e. The third-order valence-electron chi connectivity index (χ3n) is 3.08. The highest BCUT2D eigenvalue weighted by molar-refractivity contribution is 5.42. The minimum absolute atomic E-state index is 0.145. The smallest absolute Gasteiger partial charge is 0.490 e. The number of benzene rings is 1. The zero-order chi connectivity index (χ0) is 15.7. The van der Waals surface area contributed by atoms with Crippen molar-refractivity contribution in [1.29, 1.82) is 0 Å². The fourth-order valence-electron chi connectivity index (χ4n) is 2.00. The number of hydrogen-bond acceptors (Lipinski definition) is 2. The molecule has 0 saturated carbocycles. The van der Waals surface area contributed by atoms with Crippen molar-refractivity contribution in [2.75, 3.05) is 6.61 Å². The van der Waals surface area contributed by atoms with E-state index in [4.69, 9.17) is 4.74 Å². The largest absolute Gasteiger partial charge is 0.573 e. The highest BCUT2D eigenvalue weighted by Gasteiger charge is 2.32. The van der Waals surface area contributed by atoms with E-state index < -0.39 is 6.36 Å². The van der Waals surface area contributed by atoms with E-state index in [0.717, 1.165) is 19.3 Å². The molecule has 0 aliphatic carbocycles. The predicted octanol–water partition coefficient (Wildman–Crippen LogP) is 5.63. The van der Waals surface area contributed by atoms with Crippen molar-refractivity contribution >= 4 is 0 Å². The lowest BCUT2D eigenvalue weighted by Gasteiger charge is -2.14. The number of unbranched alkanes of at least 4 members (excludes halogenated alkanes) is 5. The van der Waals surface area contributed by atoms with E-state index in [2.05, 4.69) is 11.7 Å². The topological polar surface area (TPSA) is 18.5 Å². The number of halogens is 3. The Morgan fingerprint density at radius 2 is 1.62 bits per heavy atom. The van der Waals surface area contributed by atoms with Gasteiger partial charge in [0.25, 0.3) is 0 Å². The van der Waals surface area contributed by atoms with Crippen molar-refractivity contribution in [1.82, 2.24) is 0 Å². The van der Waals surface area contributed by atoms with Gasteiger partial charge in [0, 0.05) is 0 Å². The first-order chi connectivity index (χ1) is 9.92. The Balaban J connectivity index is 2.43. The van der Waals surface area contributed by atoms with E-state index in [0.29, 0.717) is 12.2 Å². The minimum atomic E-state index is -4.70. The lowest BCUT2D eigenvalue weighted by molar-refractivity contribution is -0.275. The molecule has 5 heteroatoms. The number of ether oxygens (including phenoxy) is 2. The Kier molecular flexibility index (Phi) is 7.40. The molecule has 0 bridgehead atoms. The van der Waals surface area contributed by atoms with Crippen molar-refractivity contribution < 1.29 is 22.6 Å². The fourth-order valence-corrected chi connectivity index (χ4v) is 2.00. The van der Waals surface area contributed by atoms with Crippen LogP contribution in [0, 0.1) is 6.92 Å². The summed E-state index contributed by atoms with van der Waals surface area (Å²) in [5, 5.41) is 0. The maximum atomic E-state index is 12.3. The zero-order valence-electron chi connectivity index (χ0n) is 12.6. The summed E-state index contributed by atoms with van der Waals surface area (Å²) in [6, 6.07) is 4.57. The van der Waals surface area contributed by atoms with Gasteiger partial charge < -0.3 is 9.47 Å². The third-order valence-corrected chi connectivity index (χ3v) is 3.08. The lowest BCUT2D eigenvalue weighted by atomic mass is 10.1. The van der Waals surface area contributed by atoms with E-state index >= 15 is 0 Å². The molecule has 0 fully saturated rings. The Hall–Kier alpha value is -1.39. The molecule has 0 heterocycles. The molecule has 0 amide bonds. The van der Waals surface area contributed by atoms with E-state index in [1.54, 1.807) is 13.0 Å². The fraction of sp³-hybridized carbons (Fsp3) is 0.625. The molecule has 2 nitrogen and oxygen atoms in total. The lowest BCUT2D eigenvalue weighted by Crippen LogP contribution is -2.18. The number of hydrogen-bond donors (Lipinski definition) is 0. The molecule has 1 aromatic rings. The quantitative estimate of drug-likeness (QED) is 0.550. The summed E-state index contributed by atoms with van der Waals surface area (Å²) in [6.45, 7) is 4.27.